The van der Waals surface area contributed by atoms with Gasteiger partial charge in [-0.3, -0.25) is 4.79 Å². The highest BCUT2D eigenvalue weighted by Crippen LogP contribution is 2.28. The van der Waals surface area contributed by atoms with Gasteiger partial charge in [-0.25, -0.2) is 9.78 Å². The first kappa shape index (κ1) is 21.6. The van der Waals surface area contributed by atoms with Crippen LogP contribution in [0.5, 0.6) is 0 Å². The van der Waals surface area contributed by atoms with Gasteiger partial charge in [-0.15, -0.1) is 11.3 Å². The summed E-state index contributed by atoms with van der Waals surface area (Å²) in [6.07, 6.45) is -2.24. The Kier molecular flexibility index (Phi) is 7.18. The predicted octanol–water partition coefficient (Wildman–Crippen LogP) is 1.93. The fourth-order valence-electron chi connectivity index (χ4n) is 2.94. The van der Waals surface area contributed by atoms with Crippen molar-refractivity contribution in [3.8, 4) is 0 Å². The maximum absolute atomic E-state index is 12.6. The molecule has 0 unspecified atom stereocenters. The molecule has 7 nitrogen and oxygen atoms in total. The number of ether oxygens (including phenoxy) is 1. The normalized spacial score (nSPS) is 19.3. The van der Waals surface area contributed by atoms with Crippen molar-refractivity contribution in [3.05, 3.63) is 16.1 Å². The van der Waals surface area contributed by atoms with Gasteiger partial charge in [-0.1, -0.05) is 6.92 Å². The lowest BCUT2D eigenvalue weighted by molar-refractivity contribution is -0.192. The quantitative estimate of drug-likeness (QED) is 0.776. The summed E-state index contributed by atoms with van der Waals surface area (Å²) in [4.78, 5) is 27.8. The Balaban J connectivity index is 0.000000321. The summed E-state index contributed by atoms with van der Waals surface area (Å²) in [5, 5.41) is 13.4. The zero-order chi connectivity index (χ0) is 20.1. The number of carboxylic acids is 1. The molecule has 0 aliphatic carbocycles. The lowest BCUT2D eigenvalue weighted by Gasteiger charge is -2.44. The molecule has 3 heterocycles. The molecule has 0 atom stereocenters. The van der Waals surface area contributed by atoms with Crippen LogP contribution >= 0.6 is 11.3 Å². The van der Waals surface area contributed by atoms with Crippen LogP contribution in [0.3, 0.4) is 0 Å². The number of hydrogen-bond acceptors (Lipinski definition) is 6. The minimum atomic E-state index is -5.08. The van der Waals surface area contributed by atoms with Crippen LogP contribution in [-0.2, 0) is 16.0 Å². The molecule has 2 aliphatic rings. The van der Waals surface area contributed by atoms with Gasteiger partial charge in [0.2, 0.25) is 0 Å². The highest BCUT2D eigenvalue weighted by Gasteiger charge is 2.40. The van der Waals surface area contributed by atoms with Gasteiger partial charge in [-0.2, -0.15) is 13.2 Å². The van der Waals surface area contributed by atoms with E-state index in [1.807, 2.05) is 10.3 Å². The van der Waals surface area contributed by atoms with Gasteiger partial charge in [0.05, 0.1) is 23.8 Å². The predicted molar refractivity (Wildman–Crippen MR) is 91.9 cm³/mol. The first-order chi connectivity index (χ1) is 12.7. The smallest absolute Gasteiger partial charge is 0.475 e. The van der Waals surface area contributed by atoms with Crippen molar-refractivity contribution < 1.29 is 32.6 Å². The van der Waals surface area contributed by atoms with E-state index in [9.17, 15) is 18.0 Å². The molecule has 1 spiro atoms. The van der Waals surface area contributed by atoms with Crippen LogP contribution in [-0.4, -0.2) is 71.4 Å². The number of amides is 1. The van der Waals surface area contributed by atoms with Crippen molar-refractivity contribution in [1.82, 2.24) is 15.2 Å². The Hall–Kier alpha value is -1.72. The molecule has 1 amide bonds. The summed E-state index contributed by atoms with van der Waals surface area (Å²) >= 11 is 1.57. The lowest BCUT2D eigenvalue weighted by atomic mass is 9.90. The summed E-state index contributed by atoms with van der Waals surface area (Å²) in [6, 6.07) is 0. The fraction of sp³-hybridized carbons (Fsp3) is 0.688. The van der Waals surface area contributed by atoms with Crippen LogP contribution in [0.2, 0.25) is 0 Å². The number of hydrogen-bond donors (Lipinski definition) is 2. The van der Waals surface area contributed by atoms with E-state index in [0.717, 1.165) is 37.4 Å². The average molecular weight is 409 g/mol. The molecule has 0 aromatic carbocycles. The lowest BCUT2D eigenvalue weighted by Crippen LogP contribution is -2.57. The molecule has 0 saturated carbocycles. The van der Waals surface area contributed by atoms with Gasteiger partial charge in [-0.05, 0) is 32.4 Å². The van der Waals surface area contributed by atoms with Gasteiger partial charge in [0, 0.05) is 11.9 Å². The number of carbonyl (C=O) groups excluding carboxylic acids is 1. The number of aromatic nitrogens is 1. The van der Waals surface area contributed by atoms with Crippen LogP contribution < -0.4 is 5.32 Å². The van der Waals surface area contributed by atoms with Crippen molar-refractivity contribution in [1.29, 1.82) is 0 Å². The molecule has 11 heteroatoms. The fourth-order valence-corrected chi connectivity index (χ4v) is 3.66. The zero-order valence-corrected chi connectivity index (χ0v) is 15.7. The first-order valence-electron chi connectivity index (χ1n) is 8.55. The Morgan fingerprint density at radius 3 is 2.56 bits per heavy atom. The third-order valence-corrected chi connectivity index (χ3v) is 5.36. The Labute approximate surface area is 158 Å². The number of carboxylic acid groups (broad SMARTS) is 1. The largest absolute Gasteiger partial charge is 0.490 e. The van der Waals surface area contributed by atoms with Crippen molar-refractivity contribution in [2.24, 2.45) is 0 Å². The molecular weight excluding hydrogens is 387 g/mol. The maximum Gasteiger partial charge on any atom is 0.490 e. The number of nitrogens with zero attached hydrogens (tertiary/aromatic N) is 2. The summed E-state index contributed by atoms with van der Waals surface area (Å²) < 4.78 is 37.7. The van der Waals surface area contributed by atoms with E-state index >= 15 is 0 Å². The molecule has 2 aliphatic heterocycles. The number of aliphatic carboxylic acids is 1. The highest BCUT2D eigenvalue weighted by molar-refractivity contribution is 7.09. The molecule has 152 valence electrons. The van der Waals surface area contributed by atoms with E-state index in [-0.39, 0.29) is 11.5 Å². The van der Waals surface area contributed by atoms with E-state index in [1.54, 1.807) is 11.3 Å². The summed E-state index contributed by atoms with van der Waals surface area (Å²) in [5.41, 5.74) is 0.459. The zero-order valence-electron chi connectivity index (χ0n) is 14.8. The molecule has 2 N–H and O–H groups in total. The topological polar surface area (TPSA) is 91.8 Å². The van der Waals surface area contributed by atoms with E-state index in [0.29, 0.717) is 25.4 Å². The number of piperidine rings is 1. The number of nitrogens with one attached hydrogen (secondary N) is 1. The van der Waals surface area contributed by atoms with Gasteiger partial charge < -0.3 is 20.1 Å². The Morgan fingerprint density at radius 1 is 1.41 bits per heavy atom. The molecular formula is C16H22F3N3O4S. The highest BCUT2D eigenvalue weighted by atomic mass is 32.1. The molecule has 0 bridgehead atoms. The number of carbonyl (C=O) groups is 2. The molecule has 2 saturated heterocycles. The summed E-state index contributed by atoms with van der Waals surface area (Å²) in [6.45, 7) is 6.01. The van der Waals surface area contributed by atoms with Gasteiger partial charge in [0.25, 0.3) is 5.91 Å². The van der Waals surface area contributed by atoms with Gasteiger partial charge in [0.15, 0.2) is 0 Å². The number of aryl methyl sites for hydroxylation is 1. The number of rotatable bonds is 2. The number of alkyl halides is 3. The molecule has 0 radical (unpaired) electrons. The van der Waals surface area contributed by atoms with Crippen LogP contribution in [0.25, 0.3) is 0 Å². The summed E-state index contributed by atoms with van der Waals surface area (Å²) in [5.74, 6) is -2.70. The van der Waals surface area contributed by atoms with Gasteiger partial charge in [0.1, 0.15) is 5.69 Å². The molecule has 1 aromatic heterocycles. The van der Waals surface area contributed by atoms with E-state index < -0.39 is 12.1 Å². The standard InChI is InChI=1S/C14H21N3O2S.C2HF3O2/c1-2-12-16-11(9-20-12)13(18)17-7-8-19-14(10-17)3-5-15-6-4-14;3-2(4,5)1(6)7/h9,15H,2-8,10H2,1H3;(H,6,7). The molecule has 2 fully saturated rings. The SMILES string of the molecule is CCc1nc(C(=O)N2CCOC3(CCNCC3)C2)cs1.O=C(O)C(F)(F)F. The molecule has 27 heavy (non-hydrogen) atoms. The van der Waals surface area contributed by atoms with Crippen molar-refractivity contribution in [3.63, 3.8) is 0 Å². The van der Waals surface area contributed by atoms with Crippen LogP contribution in [0.1, 0.15) is 35.3 Å². The second-order valence-electron chi connectivity index (χ2n) is 6.29. The maximum atomic E-state index is 12.6. The number of halogens is 3. The third kappa shape index (κ3) is 5.88. The van der Waals surface area contributed by atoms with E-state index in [1.165, 1.54) is 0 Å². The van der Waals surface area contributed by atoms with Crippen LogP contribution in [0.15, 0.2) is 5.38 Å². The number of thiazole rings is 1. The summed E-state index contributed by atoms with van der Waals surface area (Å²) in [7, 11) is 0. The molecule has 3 rings (SSSR count). The number of morpholine rings is 1. The average Bonchev–Trinajstić information content (AvgIpc) is 3.10. The third-order valence-electron chi connectivity index (χ3n) is 4.37. The van der Waals surface area contributed by atoms with E-state index in [4.69, 9.17) is 14.6 Å². The minimum absolute atomic E-state index is 0.0576. The second kappa shape index (κ2) is 8.98. The minimum Gasteiger partial charge on any atom is -0.475 e. The second-order valence-corrected chi connectivity index (χ2v) is 7.23. The first-order valence-corrected chi connectivity index (χ1v) is 9.43. The van der Waals surface area contributed by atoms with Crippen molar-refractivity contribution >= 4 is 23.2 Å². The Morgan fingerprint density at radius 2 is 2.04 bits per heavy atom. The monoisotopic (exact) mass is 409 g/mol. The van der Waals surface area contributed by atoms with Gasteiger partial charge >= 0.3 is 12.1 Å². The van der Waals surface area contributed by atoms with Crippen LogP contribution in [0, 0.1) is 0 Å². The Bertz CT molecular complexity index is 654. The van der Waals surface area contributed by atoms with Crippen molar-refractivity contribution in [2.45, 2.75) is 38.0 Å². The van der Waals surface area contributed by atoms with E-state index in [2.05, 4.69) is 17.2 Å². The molecule has 1 aromatic rings. The van der Waals surface area contributed by atoms with Crippen LogP contribution in [0.4, 0.5) is 13.2 Å². The van der Waals surface area contributed by atoms with Crippen molar-refractivity contribution in [2.75, 3.05) is 32.8 Å².